The lowest BCUT2D eigenvalue weighted by Crippen LogP contribution is -2.13. The standard InChI is InChI=1S/C46H33N/c1-30-11-9-12-31(2)46(30)47(40-18-10-17-34(24-40)32-13-5-3-6-14-32)41-22-21-37-27-43-44-28-38-23-35(33-15-7-4-8-16-33)19-20-36(38)26-42(44)45(43)29-39(37)25-41/h3-29H,1-2H3. The Hall–Kier alpha value is -5.92. The SMILES string of the molecule is Cc1cccc(C)c1N(c1cccc(-c2ccccc2)c1)c1ccc2cc3c(cc2c1)-c1cc2ccc(-c4ccccc4)cc2cc1-3. The van der Waals surface area contributed by atoms with Crippen molar-refractivity contribution in [1.29, 1.82) is 0 Å². The van der Waals surface area contributed by atoms with Gasteiger partial charge in [0.1, 0.15) is 0 Å². The van der Waals surface area contributed by atoms with Gasteiger partial charge in [0.15, 0.2) is 0 Å². The van der Waals surface area contributed by atoms with E-state index in [0.717, 1.165) is 11.4 Å². The van der Waals surface area contributed by atoms with Gasteiger partial charge in [0.25, 0.3) is 0 Å². The molecule has 0 bridgehead atoms. The molecule has 0 fully saturated rings. The second-order valence-electron chi connectivity index (χ2n) is 12.7. The molecule has 0 saturated carbocycles. The Kier molecular flexibility index (Phi) is 6.33. The van der Waals surface area contributed by atoms with Crippen LogP contribution in [0, 0.1) is 13.8 Å². The molecule has 9 rings (SSSR count). The first-order valence-corrected chi connectivity index (χ1v) is 16.3. The maximum Gasteiger partial charge on any atom is 0.0519 e. The van der Waals surface area contributed by atoms with Gasteiger partial charge in [-0.25, -0.2) is 0 Å². The second-order valence-corrected chi connectivity index (χ2v) is 12.7. The maximum absolute atomic E-state index is 2.43. The Morgan fingerprint density at radius 2 is 0.787 bits per heavy atom. The molecule has 0 amide bonds. The van der Waals surface area contributed by atoms with Crippen molar-refractivity contribution in [3.8, 4) is 44.5 Å². The van der Waals surface area contributed by atoms with Crippen molar-refractivity contribution < 1.29 is 0 Å². The lowest BCUT2D eigenvalue weighted by Gasteiger charge is -2.30. The van der Waals surface area contributed by atoms with Crippen LogP contribution in [-0.4, -0.2) is 0 Å². The third-order valence-electron chi connectivity index (χ3n) is 9.76. The Bertz CT molecular complexity index is 2450. The summed E-state index contributed by atoms with van der Waals surface area (Å²) in [6, 6.07) is 60.1. The number of benzene rings is 8. The van der Waals surface area contributed by atoms with Gasteiger partial charge in [0, 0.05) is 11.4 Å². The van der Waals surface area contributed by atoms with Crippen LogP contribution in [0.4, 0.5) is 17.1 Å². The Morgan fingerprint density at radius 3 is 1.40 bits per heavy atom. The number of anilines is 3. The highest BCUT2D eigenvalue weighted by molar-refractivity contribution is 6.12. The zero-order valence-electron chi connectivity index (χ0n) is 26.5. The summed E-state index contributed by atoms with van der Waals surface area (Å²) in [6.07, 6.45) is 0. The van der Waals surface area contributed by atoms with Gasteiger partial charge in [-0.3, -0.25) is 0 Å². The summed E-state index contributed by atoms with van der Waals surface area (Å²) in [4.78, 5) is 2.43. The summed E-state index contributed by atoms with van der Waals surface area (Å²) in [5, 5.41) is 5.08. The normalized spacial score (nSPS) is 11.6. The molecule has 0 saturated heterocycles. The van der Waals surface area contributed by atoms with Gasteiger partial charge < -0.3 is 4.90 Å². The van der Waals surface area contributed by atoms with Gasteiger partial charge in [-0.15, -0.1) is 0 Å². The Balaban J connectivity index is 1.15. The monoisotopic (exact) mass is 599 g/mol. The van der Waals surface area contributed by atoms with Crippen LogP contribution in [0.1, 0.15) is 11.1 Å². The van der Waals surface area contributed by atoms with Crippen molar-refractivity contribution in [2.24, 2.45) is 0 Å². The molecular weight excluding hydrogens is 567 g/mol. The molecule has 1 aliphatic rings. The van der Waals surface area contributed by atoms with E-state index in [4.69, 9.17) is 0 Å². The summed E-state index contributed by atoms with van der Waals surface area (Å²) in [5.41, 5.74) is 16.3. The molecule has 0 aromatic heterocycles. The van der Waals surface area contributed by atoms with Crippen LogP contribution in [0.3, 0.4) is 0 Å². The van der Waals surface area contributed by atoms with Gasteiger partial charge in [-0.1, -0.05) is 109 Å². The van der Waals surface area contributed by atoms with Crippen LogP contribution in [-0.2, 0) is 0 Å². The van der Waals surface area contributed by atoms with Crippen molar-refractivity contribution in [3.63, 3.8) is 0 Å². The van der Waals surface area contributed by atoms with Crippen molar-refractivity contribution in [2.45, 2.75) is 13.8 Å². The topological polar surface area (TPSA) is 3.24 Å². The first-order valence-electron chi connectivity index (χ1n) is 16.3. The molecule has 222 valence electrons. The minimum Gasteiger partial charge on any atom is -0.310 e. The summed E-state index contributed by atoms with van der Waals surface area (Å²) >= 11 is 0. The molecule has 8 aromatic carbocycles. The van der Waals surface area contributed by atoms with Crippen molar-refractivity contribution in [2.75, 3.05) is 4.90 Å². The quantitative estimate of drug-likeness (QED) is 0.190. The van der Waals surface area contributed by atoms with E-state index in [2.05, 4.69) is 183 Å². The lowest BCUT2D eigenvalue weighted by atomic mass is 9.77. The first-order chi connectivity index (χ1) is 23.1. The predicted octanol–water partition coefficient (Wildman–Crippen LogP) is 13.1. The number of nitrogens with zero attached hydrogens (tertiary/aromatic N) is 1. The van der Waals surface area contributed by atoms with E-state index in [-0.39, 0.29) is 0 Å². The van der Waals surface area contributed by atoms with E-state index in [1.165, 1.54) is 82.9 Å². The molecule has 1 aliphatic carbocycles. The fourth-order valence-electron chi connectivity index (χ4n) is 7.38. The predicted molar refractivity (Wildman–Crippen MR) is 201 cm³/mol. The van der Waals surface area contributed by atoms with Crippen molar-refractivity contribution in [3.05, 3.63) is 175 Å². The highest BCUT2D eigenvalue weighted by Gasteiger charge is 2.25. The van der Waals surface area contributed by atoms with Gasteiger partial charge in [-0.2, -0.15) is 0 Å². The van der Waals surface area contributed by atoms with Gasteiger partial charge >= 0.3 is 0 Å². The molecule has 0 spiro atoms. The van der Waals surface area contributed by atoms with Gasteiger partial charge in [0.2, 0.25) is 0 Å². The van der Waals surface area contributed by atoms with Crippen LogP contribution in [0.25, 0.3) is 66.1 Å². The number of para-hydroxylation sites is 1. The highest BCUT2D eigenvalue weighted by Crippen LogP contribution is 2.51. The molecule has 0 N–H and O–H groups in total. The summed E-state index contributed by atoms with van der Waals surface area (Å²) in [6.45, 7) is 4.42. The summed E-state index contributed by atoms with van der Waals surface area (Å²) in [5.74, 6) is 0. The van der Waals surface area contributed by atoms with Crippen LogP contribution in [0.2, 0.25) is 0 Å². The minimum absolute atomic E-state index is 1.15. The third kappa shape index (κ3) is 4.63. The molecule has 1 nitrogen and oxygen atoms in total. The van der Waals surface area contributed by atoms with Crippen LogP contribution in [0.5, 0.6) is 0 Å². The molecule has 0 atom stereocenters. The van der Waals surface area contributed by atoms with E-state index < -0.39 is 0 Å². The number of fused-ring (bicyclic) bond motifs is 6. The number of rotatable bonds is 5. The lowest BCUT2D eigenvalue weighted by molar-refractivity contribution is 1.22. The Labute approximate surface area is 276 Å². The molecule has 0 radical (unpaired) electrons. The molecule has 47 heavy (non-hydrogen) atoms. The van der Waals surface area contributed by atoms with Gasteiger partial charge in [-0.05, 0) is 146 Å². The van der Waals surface area contributed by atoms with E-state index in [9.17, 15) is 0 Å². The second kappa shape index (κ2) is 10.9. The van der Waals surface area contributed by atoms with E-state index in [0.29, 0.717) is 0 Å². The number of hydrogen-bond acceptors (Lipinski definition) is 1. The van der Waals surface area contributed by atoms with E-state index in [1.807, 2.05) is 0 Å². The fourth-order valence-corrected chi connectivity index (χ4v) is 7.38. The first kappa shape index (κ1) is 27.4. The van der Waals surface area contributed by atoms with Crippen LogP contribution >= 0.6 is 0 Å². The zero-order chi connectivity index (χ0) is 31.5. The van der Waals surface area contributed by atoms with Crippen molar-refractivity contribution in [1.82, 2.24) is 0 Å². The molecule has 8 aromatic rings. The summed E-state index contributed by atoms with van der Waals surface area (Å²) < 4.78 is 0. The zero-order valence-corrected chi connectivity index (χ0v) is 26.5. The minimum atomic E-state index is 1.15. The third-order valence-corrected chi connectivity index (χ3v) is 9.76. The molecule has 0 aliphatic heterocycles. The highest BCUT2D eigenvalue weighted by atomic mass is 15.1. The molecule has 0 heterocycles. The van der Waals surface area contributed by atoms with Crippen LogP contribution < -0.4 is 4.90 Å². The average molecular weight is 600 g/mol. The van der Waals surface area contributed by atoms with Gasteiger partial charge in [0.05, 0.1) is 5.69 Å². The van der Waals surface area contributed by atoms with E-state index in [1.54, 1.807) is 0 Å². The molecular formula is C46H33N. The largest absolute Gasteiger partial charge is 0.310 e. The number of hydrogen-bond donors (Lipinski definition) is 0. The summed E-state index contributed by atoms with van der Waals surface area (Å²) in [7, 11) is 0. The number of aryl methyl sites for hydroxylation is 2. The van der Waals surface area contributed by atoms with Crippen LogP contribution in [0.15, 0.2) is 164 Å². The maximum atomic E-state index is 2.43. The Morgan fingerprint density at radius 1 is 0.319 bits per heavy atom. The molecule has 0 unspecified atom stereocenters. The smallest absolute Gasteiger partial charge is 0.0519 e. The average Bonchev–Trinajstić information content (AvgIpc) is 3.12. The van der Waals surface area contributed by atoms with Crippen molar-refractivity contribution >= 4 is 38.6 Å². The fraction of sp³-hybridized carbons (Fsp3) is 0.0435. The van der Waals surface area contributed by atoms with E-state index >= 15 is 0 Å². The molecule has 1 heteroatoms.